The Morgan fingerprint density at radius 2 is 1.82 bits per heavy atom. The van der Waals surface area contributed by atoms with Gasteiger partial charge in [0, 0.05) is 10.0 Å². The van der Waals surface area contributed by atoms with Gasteiger partial charge in [-0.2, -0.15) is 0 Å². The molecule has 1 aromatic carbocycles. The third-order valence-corrected chi connectivity index (χ3v) is 4.43. The van der Waals surface area contributed by atoms with Gasteiger partial charge in [0.15, 0.2) is 0 Å². The Hall–Kier alpha value is -0.350. The molecular weight excluding hydrogens is 307 g/mol. The summed E-state index contributed by atoms with van der Waals surface area (Å²) in [5.41, 5.74) is 0.854. The number of benzene rings is 1. The molecule has 0 spiro atoms. The summed E-state index contributed by atoms with van der Waals surface area (Å²) in [5.74, 6) is 0.490. The first-order chi connectivity index (χ1) is 8.02. The fraction of sp³-hybridized carbons (Fsp3) is 0.455. The van der Waals surface area contributed by atoms with Crippen LogP contribution < -0.4 is 4.52 Å². The molecule has 0 N–H and O–H groups in total. The Balaban J connectivity index is 2.93. The van der Waals surface area contributed by atoms with Crippen LogP contribution in [-0.2, 0) is 13.6 Å². The van der Waals surface area contributed by atoms with Crippen LogP contribution in [0.3, 0.4) is 0 Å². The lowest BCUT2D eigenvalue weighted by molar-refractivity contribution is 0.167. The van der Waals surface area contributed by atoms with E-state index in [9.17, 15) is 4.57 Å². The van der Waals surface area contributed by atoms with Crippen molar-refractivity contribution in [2.24, 2.45) is 0 Å². The van der Waals surface area contributed by atoms with Crippen LogP contribution in [0.2, 0.25) is 0 Å². The molecule has 0 aliphatic heterocycles. The molecule has 0 saturated carbocycles. The molecule has 0 aromatic heterocycles. The number of rotatable bonds is 6. The third-order valence-electron chi connectivity index (χ3n) is 2.00. The van der Waals surface area contributed by atoms with Crippen LogP contribution in [0.4, 0.5) is 0 Å². The molecule has 6 heteroatoms. The molecule has 0 aliphatic carbocycles. The normalized spacial score (nSPS) is 11.5. The van der Waals surface area contributed by atoms with Crippen LogP contribution in [0.1, 0.15) is 19.4 Å². The summed E-state index contributed by atoms with van der Waals surface area (Å²) in [6.45, 7) is 5.88. The number of phosphoric acid groups is 1. The lowest BCUT2D eigenvalue weighted by Crippen LogP contribution is -2.03. The molecule has 17 heavy (non-hydrogen) atoms. The maximum absolute atomic E-state index is 12.2. The summed E-state index contributed by atoms with van der Waals surface area (Å²) < 4.78 is 28.6. The van der Waals surface area contributed by atoms with E-state index in [-0.39, 0.29) is 13.2 Å². The Bertz CT molecular complexity index is 412. The molecule has 96 valence electrons. The number of phosphoric ester groups is 1. The third kappa shape index (κ3) is 4.11. The van der Waals surface area contributed by atoms with Gasteiger partial charge in [-0.3, -0.25) is 9.05 Å². The zero-order valence-electron chi connectivity index (χ0n) is 10.1. The molecular formula is C11H16BrO4P. The van der Waals surface area contributed by atoms with Crippen LogP contribution in [0.15, 0.2) is 22.7 Å². The molecule has 4 nitrogen and oxygen atoms in total. The minimum absolute atomic E-state index is 0.268. The van der Waals surface area contributed by atoms with Gasteiger partial charge in [0.05, 0.1) is 13.2 Å². The first kappa shape index (κ1) is 14.7. The fourth-order valence-corrected chi connectivity index (χ4v) is 2.81. The molecule has 0 radical (unpaired) electrons. The van der Waals surface area contributed by atoms with Crippen LogP contribution in [0.5, 0.6) is 5.75 Å². The summed E-state index contributed by atoms with van der Waals surface area (Å²) >= 11 is 3.38. The Morgan fingerprint density at radius 3 is 2.35 bits per heavy atom. The fourth-order valence-electron chi connectivity index (χ4n) is 1.21. The monoisotopic (exact) mass is 322 g/mol. The van der Waals surface area contributed by atoms with Crippen molar-refractivity contribution in [3.05, 3.63) is 28.2 Å². The molecule has 0 fully saturated rings. The minimum Gasteiger partial charge on any atom is -0.404 e. The Labute approximate surface area is 110 Å². The van der Waals surface area contributed by atoms with Crippen LogP contribution in [0.25, 0.3) is 0 Å². The summed E-state index contributed by atoms with van der Waals surface area (Å²) in [6.07, 6.45) is 0. The lowest BCUT2D eigenvalue weighted by atomic mass is 10.2. The van der Waals surface area contributed by atoms with Gasteiger partial charge in [0.25, 0.3) is 0 Å². The van der Waals surface area contributed by atoms with E-state index in [0.29, 0.717) is 5.75 Å². The van der Waals surface area contributed by atoms with Gasteiger partial charge in [-0.25, -0.2) is 4.57 Å². The van der Waals surface area contributed by atoms with Crippen molar-refractivity contribution in [3.63, 3.8) is 0 Å². The highest BCUT2D eigenvalue weighted by atomic mass is 79.9. The second-order valence-corrected chi connectivity index (χ2v) is 5.68. The first-order valence-corrected chi connectivity index (χ1v) is 7.61. The van der Waals surface area contributed by atoms with E-state index < -0.39 is 7.82 Å². The predicted molar refractivity (Wildman–Crippen MR) is 70.4 cm³/mol. The molecule has 1 rings (SSSR count). The predicted octanol–water partition coefficient (Wildman–Crippen LogP) is 4.32. The summed E-state index contributed by atoms with van der Waals surface area (Å²) in [5, 5.41) is 0. The van der Waals surface area contributed by atoms with E-state index >= 15 is 0 Å². The van der Waals surface area contributed by atoms with Crippen LogP contribution in [-0.4, -0.2) is 13.2 Å². The maximum atomic E-state index is 12.2. The summed E-state index contributed by atoms with van der Waals surface area (Å²) in [4.78, 5) is 0. The van der Waals surface area contributed by atoms with E-state index in [1.165, 1.54) is 0 Å². The molecule has 0 amide bonds. The van der Waals surface area contributed by atoms with Crippen molar-refractivity contribution >= 4 is 23.8 Å². The highest BCUT2D eigenvalue weighted by molar-refractivity contribution is 9.10. The van der Waals surface area contributed by atoms with Crippen LogP contribution >= 0.6 is 23.8 Å². The Morgan fingerprint density at radius 1 is 1.24 bits per heavy atom. The molecule has 0 bridgehead atoms. The number of hydrogen-bond donors (Lipinski definition) is 0. The highest BCUT2D eigenvalue weighted by Gasteiger charge is 2.28. The standard InChI is InChI=1S/C11H16BrO4P/c1-4-14-17(13,15-5-2)16-11-8-6-7-10(12)9(11)3/h6-8H,4-5H2,1-3H3. The van der Waals surface area contributed by atoms with Gasteiger partial charge in [0.1, 0.15) is 5.75 Å². The van der Waals surface area contributed by atoms with E-state index in [2.05, 4.69) is 15.9 Å². The molecule has 0 aliphatic rings. The lowest BCUT2D eigenvalue weighted by Gasteiger charge is -2.18. The topological polar surface area (TPSA) is 44.8 Å². The van der Waals surface area contributed by atoms with Crippen molar-refractivity contribution in [2.45, 2.75) is 20.8 Å². The van der Waals surface area contributed by atoms with E-state index in [1.54, 1.807) is 26.0 Å². The molecule has 0 saturated heterocycles. The SMILES string of the molecule is CCOP(=O)(OCC)Oc1cccc(Br)c1C. The molecule has 0 atom stereocenters. The van der Waals surface area contributed by atoms with Crippen molar-refractivity contribution in [1.29, 1.82) is 0 Å². The molecule has 0 unspecified atom stereocenters. The smallest absolute Gasteiger partial charge is 0.404 e. The zero-order chi connectivity index (χ0) is 12.9. The van der Waals surface area contributed by atoms with Crippen molar-refractivity contribution in [3.8, 4) is 5.75 Å². The van der Waals surface area contributed by atoms with Gasteiger partial charge >= 0.3 is 7.82 Å². The molecule has 0 heterocycles. The quantitative estimate of drug-likeness (QED) is 0.732. The summed E-state index contributed by atoms with van der Waals surface area (Å²) in [7, 11) is -3.51. The first-order valence-electron chi connectivity index (χ1n) is 5.36. The number of hydrogen-bond acceptors (Lipinski definition) is 4. The van der Waals surface area contributed by atoms with Crippen molar-refractivity contribution < 1.29 is 18.1 Å². The van der Waals surface area contributed by atoms with E-state index in [0.717, 1.165) is 10.0 Å². The number of halogens is 1. The van der Waals surface area contributed by atoms with Crippen molar-refractivity contribution in [1.82, 2.24) is 0 Å². The largest absolute Gasteiger partial charge is 0.530 e. The molecule has 1 aromatic rings. The summed E-state index contributed by atoms with van der Waals surface area (Å²) in [6, 6.07) is 5.41. The van der Waals surface area contributed by atoms with Gasteiger partial charge in [-0.1, -0.05) is 22.0 Å². The van der Waals surface area contributed by atoms with Gasteiger partial charge < -0.3 is 4.52 Å². The Kier molecular flexibility index (Phi) is 5.67. The average Bonchev–Trinajstić information content (AvgIpc) is 2.25. The maximum Gasteiger partial charge on any atom is 0.530 e. The van der Waals surface area contributed by atoms with Gasteiger partial charge in [-0.15, -0.1) is 0 Å². The van der Waals surface area contributed by atoms with Gasteiger partial charge in [-0.05, 0) is 32.9 Å². The zero-order valence-corrected chi connectivity index (χ0v) is 12.6. The average molecular weight is 323 g/mol. The van der Waals surface area contributed by atoms with Gasteiger partial charge in [0.2, 0.25) is 0 Å². The second kappa shape index (κ2) is 6.55. The van der Waals surface area contributed by atoms with E-state index in [1.807, 2.05) is 13.0 Å². The highest BCUT2D eigenvalue weighted by Crippen LogP contribution is 2.50. The second-order valence-electron chi connectivity index (χ2n) is 3.24. The minimum atomic E-state index is -3.51. The van der Waals surface area contributed by atoms with Crippen molar-refractivity contribution in [2.75, 3.05) is 13.2 Å². The van der Waals surface area contributed by atoms with Crippen LogP contribution in [0, 0.1) is 6.92 Å². The van der Waals surface area contributed by atoms with E-state index in [4.69, 9.17) is 13.6 Å².